The highest BCUT2D eigenvalue weighted by Crippen LogP contribution is 2.20. The first kappa shape index (κ1) is 19.9. The number of hydrogen-bond donors (Lipinski definition) is 1. The second-order valence-corrected chi connectivity index (χ2v) is 7.33. The Morgan fingerprint density at radius 3 is 2.68 bits per heavy atom. The first-order valence-corrected chi connectivity index (χ1v) is 10.1. The van der Waals surface area contributed by atoms with Crippen molar-refractivity contribution < 1.29 is 13.9 Å². The van der Waals surface area contributed by atoms with Gasteiger partial charge >= 0.3 is 0 Å². The quantitative estimate of drug-likeness (QED) is 0.562. The van der Waals surface area contributed by atoms with Crippen molar-refractivity contribution in [2.24, 2.45) is 0 Å². The Balaban J connectivity index is 1.47. The molecule has 0 aliphatic carbocycles. The normalized spacial score (nSPS) is 10.7. The number of anilines is 1. The Kier molecular flexibility index (Phi) is 6.71. The highest BCUT2D eigenvalue weighted by atomic mass is 32.2. The summed E-state index contributed by atoms with van der Waals surface area (Å²) in [5, 5.41) is 11.2. The third-order valence-electron chi connectivity index (χ3n) is 4.14. The summed E-state index contributed by atoms with van der Waals surface area (Å²) in [4.78, 5) is 12.2. The zero-order valence-electron chi connectivity index (χ0n) is 16.2. The predicted molar refractivity (Wildman–Crippen MR) is 110 cm³/mol. The van der Waals surface area contributed by atoms with E-state index in [2.05, 4.69) is 22.4 Å². The Morgan fingerprint density at radius 1 is 1.14 bits per heavy atom. The zero-order chi connectivity index (χ0) is 19.9. The molecule has 0 saturated heterocycles. The lowest BCUT2D eigenvalue weighted by Crippen LogP contribution is -2.14. The topological polar surface area (TPSA) is 77.2 Å². The van der Waals surface area contributed by atoms with E-state index in [4.69, 9.17) is 9.15 Å². The SMILES string of the molecule is CCc1ccc(OCc2nnc(SCC(=O)Nc3cc(C)ccc3C)o2)cc1. The summed E-state index contributed by atoms with van der Waals surface area (Å²) in [5.74, 6) is 1.19. The van der Waals surface area contributed by atoms with E-state index in [1.54, 1.807) is 0 Å². The monoisotopic (exact) mass is 397 g/mol. The lowest BCUT2D eigenvalue weighted by Gasteiger charge is -2.08. The average Bonchev–Trinajstić information content (AvgIpc) is 3.16. The summed E-state index contributed by atoms with van der Waals surface area (Å²) in [6, 6.07) is 13.8. The van der Waals surface area contributed by atoms with Gasteiger partial charge in [-0.3, -0.25) is 4.79 Å². The second kappa shape index (κ2) is 9.41. The van der Waals surface area contributed by atoms with Crippen LogP contribution in [0.15, 0.2) is 52.1 Å². The summed E-state index contributed by atoms with van der Waals surface area (Å²) in [7, 11) is 0. The van der Waals surface area contributed by atoms with Gasteiger partial charge in [-0.05, 0) is 55.2 Å². The fraction of sp³-hybridized carbons (Fsp3) is 0.286. The van der Waals surface area contributed by atoms with Crippen molar-refractivity contribution in [2.75, 3.05) is 11.1 Å². The largest absolute Gasteiger partial charge is 0.484 e. The molecule has 0 spiro atoms. The van der Waals surface area contributed by atoms with Crippen LogP contribution < -0.4 is 10.1 Å². The third kappa shape index (κ3) is 5.60. The first-order chi connectivity index (χ1) is 13.5. The lowest BCUT2D eigenvalue weighted by molar-refractivity contribution is -0.113. The van der Waals surface area contributed by atoms with Crippen LogP contribution >= 0.6 is 11.8 Å². The molecule has 2 aromatic carbocycles. The number of carbonyl (C=O) groups excluding carboxylic acids is 1. The van der Waals surface area contributed by atoms with Gasteiger partial charge in [-0.25, -0.2) is 0 Å². The molecular formula is C21H23N3O3S. The van der Waals surface area contributed by atoms with Crippen LogP contribution in [0.5, 0.6) is 5.75 Å². The average molecular weight is 398 g/mol. The molecule has 1 heterocycles. The zero-order valence-corrected chi connectivity index (χ0v) is 17.0. The number of thioether (sulfide) groups is 1. The van der Waals surface area contributed by atoms with Gasteiger partial charge < -0.3 is 14.5 Å². The van der Waals surface area contributed by atoms with Crippen molar-refractivity contribution in [3.8, 4) is 5.75 Å². The van der Waals surface area contributed by atoms with Crippen LogP contribution in [0.2, 0.25) is 0 Å². The Hall–Kier alpha value is -2.80. The number of nitrogens with one attached hydrogen (secondary N) is 1. The van der Waals surface area contributed by atoms with E-state index in [9.17, 15) is 4.79 Å². The van der Waals surface area contributed by atoms with Crippen LogP contribution in [-0.4, -0.2) is 21.9 Å². The number of benzene rings is 2. The molecule has 0 bridgehead atoms. The highest BCUT2D eigenvalue weighted by molar-refractivity contribution is 7.99. The summed E-state index contributed by atoms with van der Waals surface area (Å²) in [6.07, 6.45) is 0.988. The van der Waals surface area contributed by atoms with Gasteiger partial charge in [0.1, 0.15) is 5.75 Å². The maximum absolute atomic E-state index is 12.2. The van der Waals surface area contributed by atoms with Crippen LogP contribution in [0.3, 0.4) is 0 Å². The van der Waals surface area contributed by atoms with Crippen molar-refractivity contribution in [2.45, 2.75) is 39.0 Å². The van der Waals surface area contributed by atoms with E-state index in [1.165, 1.54) is 17.3 Å². The van der Waals surface area contributed by atoms with Crippen molar-refractivity contribution >= 4 is 23.4 Å². The number of rotatable bonds is 8. The minimum absolute atomic E-state index is 0.120. The van der Waals surface area contributed by atoms with Crippen LogP contribution in [0.1, 0.15) is 29.5 Å². The number of ether oxygens (including phenoxy) is 1. The Morgan fingerprint density at radius 2 is 1.93 bits per heavy atom. The molecule has 6 nitrogen and oxygen atoms in total. The highest BCUT2D eigenvalue weighted by Gasteiger charge is 2.11. The summed E-state index contributed by atoms with van der Waals surface area (Å²) >= 11 is 1.20. The lowest BCUT2D eigenvalue weighted by atomic mass is 10.1. The van der Waals surface area contributed by atoms with Gasteiger partial charge in [0, 0.05) is 5.69 Å². The summed E-state index contributed by atoms with van der Waals surface area (Å²) in [6.45, 7) is 6.25. The van der Waals surface area contributed by atoms with Gasteiger partial charge in [0.2, 0.25) is 5.91 Å². The van der Waals surface area contributed by atoms with E-state index in [0.717, 1.165) is 29.0 Å². The summed E-state index contributed by atoms with van der Waals surface area (Å²) in [5.41, 5.74) is 4.19. The molecule has 1 aromatic heterocycles. The molecule has 0 radical (unpaired) electrons. The van der Waals surface area contributed by atoms with E-state index in [0.29, 0.717) is 11.1 Å². The predicted octanol–water partition coefficient (Wildman–Crippen LogP) is 4.56. The van der Waals surface area contributed by atoms with Gasteiger partial charge in [-0.2, -0.15) is 0 Å². The molecule has 0 saturated carbocycles. The van der Waals surface area contributed by atoms with Crippen LogP contribution in [0, 0.1) is 13.8 Å². The number of amides is 1. The maximum Gasteiger partial charge on any atom is 0.277 e. The third-order valence-corrected chi connectivity index (χ3v) is 4.95. The molecule has 146 valence electrons. The minimum atomic E-state index is -0.120. The molecule has 3 aromatic rings. The van der Waals surface area contributed by atoms with Gasteiger partial charge in [0.15, 0.2) is 6.61 Å². The maximum atomic E-state index is 12.2. The first-order valence-electron chi connectivity index (χ1n) is 9.07. The fourth-order valence-corrected chi connectivity index (χ4v) is 3.09. The molecule has 1 amide bonds. The molecule has 28 heavy (non-hydrogen) atoms. The van der Waals surface area contributed by atoms with Gasteiger partial charge in [0.05, 0.1) is 5.75 Å². The standard InChI is InChI=1S/C21H23N3O3S/c1-4-16-7-9-17(10-8-16)26-12-20-23-24-21(27-20)28-13-19(25)22-18-11-14(2)5-6-15(18)3/h5-11H,4,12-13H2,1-3H3,(H,22,25). The van der Waals surface area contributed by atoms with E-state index in [-0.39, 0.29) is 18.3 Å². The van der Waals surface area contributed by atoms with Crippen molar-refractivity contribution in [1.29, 1.82) is 0 Å². The molecule has 0 fully saturated rings. The molecular weight excluding hydrogens is 374 g/mol. The van der Waals surface area contributed by atoms with E-state index < -0.39 is 0 Å². The Labute approximate surface area is 168 Å². The fourth-order valence-electron chi connectivity index (χ4n) is 2.51. The van der Waals surface area contributed by atoms with Crippen LogP contribution in [0.4, 0.5) is 5.69 Å². The smallest absolute Gasteiger partial charge is 0.277 e. The number of hydrogen-bond acceptors (Lipinski definition) is 6. The molecule has 0 aliphatic heterocycles. The summed E-state index contributed by atoms with van der Waals surface area (Å²) < 4.78 is 11.2. The molecule has 7 heteroatoms. The molecule has 0 atom stereocenters. The molecule has 3 rings (SSSR count). The van der Waals surface area contributed by atoms with Crippen LogP contribution in [0.25, 0.3) is 0 Å². The number of aryl methyl sites for hydroxylation is 3. The van der Waals surface area contributed by atoms with Crippen molar-refractivity contribution in [1.82, 2.24) is 10.2 Å². The van der Waals surface area contributed by atoms with Gasteiger partial charge in [0.25, 0.3) is 11.1 Å². The van der Waals surface area contributed by atoms with E-state index >= 15 is 0 Å². The molecule has 1 N–H and O–H groups in total. The molecule has 0 unspecified atom stereocenters. The Bertz CT molecular complexity index is 938. The second-order valence-electron chi connectivity index (χ2n) is 6.40. The van der Waals surface area contributed by atoms with E-state index in [1.807, 2.05) is 56.3 Å². The molecule has 0 aliphatic rings. The number of nitrogens with zero attached hydrogens (tertiary/aromatic N) is 2. The van der Waals surface area contributed by atoms with Crippen molar-refractivity contribution in [3.63, 3.8) is 0 Å². The minimum Gasteiger partial charge on any atom is -0.484 e. The van der Waals surface area contributed by atoms with Crippen LogP contribution in [-0.2, 0) is 17.8 Å². The number of carbonyl (C=O) groups is 1. The van der Waals surface area contributed by atoms with Gasteiger partial charge in [-0.15, -0.1) is 10.2 Å². The van der Waals surface area contributed by atoms with Crippen molar-refractivity contribution in [3.05, 3.63) is 65.0 Å². The number of aromatic nitrogens is 2. The van der Waals surface area contributed by atoms with Gasteiger partial charge in [-0.1, -0.05) is 43.0 Å².